The summed E-state index contributed by atoms with van der Waals surface area (Å²) in [5.74, 6) is 0.428. The summed E-state index contributed by atoms with van der Waals surface area (Å²) in [7, 11) is 1.57. The van der Waals surface area contributed by atoms with Crippen LogP contribution in [0.2, 0.25) is 0 Å². The maximum absolute atomic E-state index is 13.3. The summed E-state index contributed by atoms with van der Waals surface area (Å²) >= 11 is 1.14. The van der Waals surface area contributed by atoms with Gasteiger partial charge in [-0.15, -0.1) is 0 Å². The number of fused-ring (bicyclic) bond motifs is 1. The Hall–Kier alpha value is -4.11. The lowest BCUT2D eigenvalue weighted by Gasteiger charge is -2.13. The molecule has 0 aliphatic heterocycles. The van der Waals surface area contributed by atoms with Gasteiger partial charge in [0.05, 0.1) is 35.2 Å². The number of para-hydroxylation sites is 1. The van der Waals surface area contributed by atoms with Crippen molar-refractivity contribution in [3.05, 3.63) is 88.7 Å². The van der Waals surface area contributed by atoms with Crippen molar-refractivity contribution in [1.82, 2.24) is 15.0 Å². The highest BCUT2D eigenvalue weighted by Gasteiger charge is 2.15. The second-order valence-corrected chi connectivity index (χ2v) is 8.26. The summed E-state index contributed by atoms with van der Waals surface area (Å²) in [5, 5.41) is 14.6. The third-order valence-corrected chi connectivity index (χ3v) is 5.96. The van der Waals surface area contributed by atoms with Gasteiger partial charge in [0.25, 0.3) is 11.5 Å². The van der Waals surface area contributed by atoms with E-state index in [0.29, 0.717) is 38.8 Å². The summed E-state index contributed by atoms with van der Waals surface area (Å²) in [6.07, 6.45) is 0. The molecule has 9 heteroatoms. The Morgan fingerprint density at radius 3 is 2.62 bits per heavy atom. The average molecular weight is 475 g/mol. The van der Waals surface area contributed by atoms with Crippen molar-refractivity contribution in [2.45, 2.75) is 12.1 Å². The van der Waals surface area contributed by atoms with Crippen LogP contribution in [-0.2, 0) is 4.79 Å². The number of hydrazone groups is 1. The van der Waals surface area contributed by atoms with Crippen molar-refractivity contribution in [2.24, 2.45) is 5.10 Å². The molecule has 0 aliphatic carbocycles. The molecule has 1 amide bonds. The van der Waals surface area contributed by atoms with E-state index in [-0.39, 0.29) is 23.0 Å². The second kappa shape index (κ2) is 10.2. The predicted octanol–water partition coefficient (Wildman–Crippen LogP) is 3.73. The minimum atomic E-state index is -0.354. The van der Waals surface area contributed by atoms with Crippen LogP contribution >= 0.6 is 11.8 Å². The summed E-state index contributed by atoms with van der Waals surface area (Å²) in [6, 6.07) is 20.8. The summed E-state index contributed by atoms with van der Waals surface area (Å²) < 4.78 is 6.70. The van der Waals surface area contributed by atoms with Crippen LogP contribution in [0.4, 0.5) is 0 Å². The Balaban J connectivity index is 1.59. The topological polar surface area (TPSA) is 106 Å². The first kappa shape index (κ1) is 23.1. The van der Waals surface area contributed by atoms with Crippen molar-refractivity contribution in [2.75, 3.05) is 12.9 Å². The average Bonchev–Trinajstić information content (AvgIpc) is 2.86. The molecule has 0 saturated heterocycles. The normalized spacial score (nSPS) is 11.4. The molecule has 1 heterocycles. The molecule has 0 radical (unpaired) electrons. The quantitative estimate of drug-likeness (QED) is 0.183. The van der Waals surface area contributed by atoms with Gasteiger partial charge in [-0.05, 0) is 55.5 Å². The lowest BCUT2D eigenvalue weighted by Crippen LogP contribution is -2.24. The van der Waals surface area contributed by atoms with Gasteiger partial charge in [0.1, 0.15) is 11.5 Å². The molecular formula is C25H22N4O4S. The molecule has 3 aromatic carbocycles. The molecule has 0 bridgehead atoms. The Morgan fingerprint density at radius 1 is 1.12 bits per heavy atom. The number of nitrogens with one attached hydrogen (secondary N) is 1. The maximum atomic E-state index is 13.3. The maximum Gasteiger partial charge on any atom is 0.266 e. The molecule has 8 nitrogen and oxygen atoms in total. The van der Waals surface area contributed by atoms with Gasteiger partial charge in [0.15, 0.2) is 5.16 Å². The molecule has 0 saturated carbocycles. The number of hydrogen-bond donors (Lipinski definition) is 2. The largest absolute Gasteiger partial charge is 0.508 e. The number of hydrogen-bond acceptors (Lipinski definition) is 7. The Morgan fingerprint density at radius 2 is 1.88 bits per heavy atom. The number of aromatic nitrogens is 2. The Bertz CT molecular complexity index is 1430. The number of thioether (sulfide) groups is 1. The van der Waals surface area contributed by atoms with Crippen molar-refractivity contribution in [3.63, 3.8) is 0 Å². The van der Waals surface area contributed by atoms with Crippen molar-refractivity contribution >= 4 is 34.3 Å². The Kier molecular flexibility index (Phi) is 6.93. The van der Waals surface area contributed by atoms with Crippen LogP contribution in [-0.4, -0.2) is 39.1 Å². The summed E-state index contributed by atoms with van der Waals surface area (Å²) in [4.78, 5) is 30.4. The Labute approximate surface area is 199 Å². The number of phenolic OH excluding ortho intramolecular Hbond substituents is 1. The van der Waals surface area contributed by atoms with Gasteiger partial charge in [-0.3, -0.25) is 14.2 Å². The van der Waals surface area contributed by atoms with Gasteiger partial charge in [0.2, 0.25) is 0 Å². The lowest BCUT2D eigenvalue weighted by molar-refractivity contribution is -0.118. The highest BCUT2D eigenvalue weighted by atomic mass is 32.2. The molecule has 0 spiro atoms. The van der Waals surface area contributed by atoms with Crippen LogP contribution in [0.15, 0.2) is 87.8 Å². The number of phenols is 1. The van der Waals surface area contributed by atoms with Crippen LogP contribution in [0.3, 0.4) is 0 Å². The molecule has 0 unspecified atom stereocenters. The first-order valence-corrected chi connectivity index (χ1v) is 11.4. The van der Waals surface area contributed by atoms with E-state index in [1.165, 1.54) is 4.57 Å². The summed E-state index contributed by atoms with van der Waals surface area (Å²) in [6.45, 7) is 1.73. The third-order valence-electron chi connectivity index (χ3n) is 5.02. The number of aromatic hydroxyl groups is 1. The number of rotatable bonds is 7. The fraction of sp³-hybridized carbons (Fsp3) is 0.120. The van der Waals surface area contributed by atoms with Gasteiger partial charge < -0.3 is 9.84 Å². The van der Waals surface area contributed by atoms with Gasteiger partial charge >= 0.3 is 0 Å². The van der Waals surface area contributed by atoms with E-state index in [1.54, 1.807) is 80.8 Å². The highest BCUT2D eigenvalue weighted by molar-refractivity contribution is 7.99. The number of methoxy groups -OCH3 is 1. The summed E-state index contributed by atoms with van der Waals surface area (Å²) in [5.41, 5.74) is 4.70. The molecule has 4 aromatic rings. The van der Waals surface area contributed by atoms with Crippen molar-refractivity contribution in [3.8, 4) is 17.2 Å². The monoisotopic (exact) mass is 474 g/mol. The highest BCUT2D eigenvalue weighted by Crippen LogP contribution is 2.22. The minimum absolute atomic E-state index is 0.00223. The molecule has 2 N–H and O–H groups in total. The number of amides is 1. The first-order valence-electron chi connectivity index (χ1n) is 10.4. The van der Waals surface area contributed by atoms with E-state index in [9.17, 15) is 14.7 Å². The van der Waals surface area contributed by atoms with E-state index in [1.807, 2.05) is 6.07 Å². The molecule has 0 aliphatic rings. The molecule has 172 valence electrons. The minimum Gasteiger partial charge on any atom is -0.508 e. The molecule has 0 atom stereocenters. The SMILES string of the molecule is COc1ccc(-n2c(SCC(=O)N/N=C(\C)c3cccc(O)c3)nc3ccccc3c2=O)cc1. The zero-order valence-corrected chi connectivity index (χ0v) is 19.4. The van der Waals surface area contributed by atoms with Crippen LogP contribution in [0.5, 0.6) is 11.5 Å². The predicted molar refractivity (Wildman–Crippen MR) is 133 cm³/mol. The van der Waals surface area contributed by atoms with Gasteiger partial charge in [-0.2, -0.15) is 5.10 Å². The third kappa shape index (κ3) is 5.10. The van der Waals surface area contributed by atoms with Crippen LogP contribution in [0.1, 0.15) is 12.5 Å². The smallest absolute Gasteiger partial charge is 0.266 e. The number of carbonyl (C=O) groups is 1. The van der Waals surface area contributed by atoms with Gasteiger partial charge in [-0.1, -0.05) is 36.0 Å². The lowest BCUT2D eigenvalue weighted by atomic mass is 10.1. The number of nitrogens with zero attached hydrogens (tertiary/aromatic N) is 3. The second-order valence-electron chi connectivity index (χ2n) is 7.32. The fourth-order valence-corrected chi connectivity index (χ4v) is 4.08. The zero-order chi connectivity index (χ0) is 24.1. The molecule has 1 aromatic heterocycles. The molecular weight excluding hydrogens is 452 g/mol. The number of ether oxygens (including phenoxy) is 1. The fourth-order valence-electron chi connectivity index (χ4n) is 3.27. The van der Waals surface area contributed by atoms with E-state index >= 15 is 0 Å². The van der Waals surface area contributed by atoms with Crippen LogP contribution in [0, 0.1) is 0 Å². The van der Waals surface area contributed by atoms with Crippen LogP contribution in [0.25, 0.3) is 16.6 Å². The zero-order valence-electron chi connectivity index (χ0n) is 18.6. The molecule has 34 heavy (non-hydrogen) atoms. The van der Waals surface area contributed by atoms with Gasteiger partial charge in [0, 0.05) is 5.56 Å². The van der Waals surface area contributed by atoms with Gasteiger partial charge in [-0.25, -0.2) is 10.4 Å². The van der Waals surface area contributed by atoms with Crippen molar-refractivity contribution < 1.29 is 14.6 Å². The molecule has 0 fully saturated rings. The number of carbonyl (C=O) groups excluding carboxylic acids is 1. The first-order chi connectivity index (χ1) is 16.5. The molecule has 4 rings (SSSR count). The van der Waals surface area contributed by atoms with Crippen LogP contribution < -0.4 is 15.7 Å². The van der Waals surface area contributed by atoms with E-state index < -0.39 is 0 Å². The number of benzene rings is 3. The van der Waals surface area contributed by atoms with Crippen molar-refractivity contribution in [1.29, 1.82) is 0 Å². The van der Waals surface area contributed by atoms with E-state index in [2.05, 4.69) is 15.5 Å². The van der Waals surface area contributed by atoms with E-state index in [4.69, 9.17) is 4.74 Å². The standard InChI is InChI=1S/C25H22N4O4S/c1-16(17-6-5-7-19(30)14-17)27-28-23(31)15-34-25-26-22-9-4-3-8-21(22)24(32)29(25)18-10-12-20(33-2)13-11-18/h3-14,30H,15H2,1-2H3,(H,28,31)/b27-16+. The van der Waals surface area contributed by atoms with E-state index in [0.717, 1.165) is 11.8 Å².